The van der Waals surface area contributed by atoms with Crippen LogP contribution in [0.3, 0.4) is 0 Å². The summed E-state index contributed by atoms with van der Waals surface area (Å²) in [6.45, 7) is 5.50. The molecule has 0 amide bonds. The highest BCUT2D eigenvalue weighted by molar-refractivity contribution is 5.46. The molecule has 0 aliphatic rings. The number of hydrogen-bond donors (Lipinski definition) is 1. The van der Waals surface area contributed by atoms with Crippen LogP contribution in [0.4, 0.5) is 0 Å². The van der Waals surface area contributed by atoms with Crippen LogP contribution < -0.4 is 14.8 Å². The van der Waals surface area contributed by atoms with Gasteiger partial charge in [0.25, 0.3) is 0 Å². The maximum absolute atomic E-state index is 6.04. The molecule has 2 rings (SSSR count). The van der Waals surface area contributed by atoms with Gasteiger partial charge in [-0.3, -0.25) is 0 Å². The van der Waals surface area contributed by atoms with Crippen molar-refractivity contribution in [3.05, 3.63) is 58.7 Å². The van der Waals surface area contributed by atoms with Crippen molar-refractivity contribution in [3.8, 4) is 11.5 Å². The van der Waals surface area contributed by atoms with Crippen molar-refractivity contribution in [2.45, 2.75) is 27.0 Å². The average molecular weight is 285 g/mol. The summed E-state index contributed by atoms with van der Waals surface area (Å²) in [5.41, 5.74) is 4.78. The number of nitrogens with one attached hydrogen (secondary N) is 1. The molecule has 0 aromatic heterocycles. The molecule has 21 heavy (non-hydrogen) atoms. The van der Waals surface area contributed by atoms with Crippen molar-refractivity contribution >= 4 is 0 Å². The Labute approximate surface area is 126 Å². The molecule has 1 N–H and O–H groups in total. The molecular weight excluding hydrogens is 262 g/mol. The topological polar surface area (TPSA) is 30.5 Å². The fourth-order valence-electron chi connectivity index (χ4n) is 2.52. The molecule has 3 nitrogen and oxygen atoms in total. The van der Waals surface area contributed by atoms with E-state index in [1.165, 1.54) is 16.7 Å². The zero-order valence-electron chi connectivity index (χ0n) is 13.2. The van der Waals surface area contributed by atoms with Crippen molar-refractivity contribution in [2.75, 3.05) is 14.2 Å². The van der Waals surface area contributed by atoms with Gasteiger partial charge in [0.1, 0.15) is 6.61 Å². The smallest absolute Gasteiger partial charge is 0.166 e. The summed E-state index contributed by atoms with van der Waals surface area (Å²) in [5, 5.41) is 3.16. The third-order valence-electron chi connectivity index (χ3n) is 3.31. The lowest BCUT2D eigenvalue weighted by molar-refractivity contribution is 0.281. The predicted octanol–water partition coefficient (Wildman–Crippen LogP) is 3.61. The summed E-state index contributed by atoms with van der Waals surface area (Å²) < 4.78 is 11.5. The van der Waals surface area contributed by atoms with Gasteiger partial charge in [0.15, 0.2) is 11.5 Å². The van der Waals surface area contributed by atoms with E-state index in [-0.39, 0.29) is 0 Å². The molecule has 0 radical (unpaired) electrons. The van der Waals surface area contributed by atoms with Crippen LogP contribution in [-0.2, 0) is 13.2 Å². The second-order valence-corrected chi connectivity index (χ2v) is 5.26. The first kappa shape index (κ1) is 15.4. The Morgan fingerprint density at radius 1 is 1.05 bits per heavy atom. The van der Waals surface area contributed by atoms with E-state index < -0.39 is 0 Å². The minimum absolute atomic E-state index is 0.541. The maximum Gasteiger partial charge on any atom is 0.166 e. The van der Waals surface area contributed by atoms with Crippen LogP contribution in [0.15, 0.2) is 36.4 Å². The van der Waals surface area contributed by atoms with Crippen molar-refractivity contribution in [1.82, 2.24) is 5.32 Å². The Bertz CT molecular complexity index is 588. The minimum Gasteiger partial charge on any atom is -0.493 e. The minimum atomic E-state index is 0.541. The van der Waals surface area contributed by atoms with Gasteiger partial charge in [0.2, 0.25) is 0 Å². The first-order valence-electron chi connectivity index (χ1n) is 7.14. The van der Waals surface area contributed by atoms with Crippen LogP contribution in [0.1, 0.15) is 22.3 Å². The lowest BCUT2D eigenvalue weighted by Gasteiger charge is -2.15. The zero-order valence-corrected chi connectivity index (χ0v) is 13.2. The molecule has 0 atom stereocenters. The van der Waals surface area contributed by atoms with Crippen LogP contribution in [0.25, 0.3) is 0 Å². The number of para-hydroxylation sites is 1. The van der Waals surface area contributed by atoms with Gasteiger partial charge < -0.3 is 14.8 Å². The lowest BCUT2D eigenvalue weighted by atomic mass is 10.1. The lowest BCUT2D eigenvalue weighted by Crippen LogP contribution is -2.08. The van der Waals surface area contributed by atoms with E-state index in [0.29, 0.717) is 6.61 Å². The molecule has 3 heteroatoms. The van der Waals surface area contributed by atoms with Crippen molar-refractivity contribution in [2.24, 2.45) is 0 Å². The van der Waals surface area contributed by atoms with E-state index in [0.717, 1.165) is 23.6 Å². The normalized spacial score (nSPS) is 10.5. The summed E-state index contributed by atoms with van der Waals surface area (Å²) in [7, 11) is 3.59. The van der Waals surface area contributed by atoms with Crippen LogP contribution in [0, 0.1) is 13.8 Å². The summed E-state index contributed by atoms with van der Waals surface area (Å²) in [6, 6.07) is 12.4. The molecule has 112 valence electrons. The van der Waals surface area contributed by atoms with Crippen LogP contribution >= 0.6 is 0 Å². The zero-order chi connectivity index (χ0) is 15.2. The fourth-order valence-corrected chi connectivity index (χ4v) is 2.52. The van der Waals surface area contributed by atoms with Gasteiger partial charge in [-0.15, -0.1) is 0 Å². The maximum atomic E-state index is 6.04. The Morgan fingerprint density at radius 3 is 2.38 bits per heavy atom. The van der Waals surface area contributed by atoms with Crippen molar-refractivity contribution in [1.29, 1.82) is 0 Å². The number of hydrogen-bond acceptors (Lipinski definition) is 3. The van der Waals surface area contributed by atoms with E-state index >= 15 is 0 Å². The summed E-state index contributed by atoms with van der Waals surface area (Å²) in [5.74, 6) is 1.58. The molecular formula is C18H23NO2. The fraction of sp³-hybridized carbons (Fsp3) is 0.333. The van der Waals surface area contributed by atoms with Crippen LogP contribution in [0.5, 0.6) is 11.5 Å². The van der Waals surface area contributed by atoms with Gasteiger partial charge in [0, 0.05) is 12.1 Å². The van der Waals surface area contributed by atoms with Gasteiger partial charge in [-0.1, -0.05) is 41.5 Å². The highest BCUT2D eigenvalue weighted by atomic mass is 16.5. The predicted molar refractivity (Wildman–Crippen MR) is 86.0 cm³/mol. The number of ether oxygens (including phenoxy) is 2. The average Bonchev–Trinajstić information content (AvgIpc) is 2.45. The quantitative estimate of drug-likeness (QED) is 0.879. The molecule has 0 heterocycles. The molecule has 0 bridgehead atoms. The SMILES string of the molecule is CNCc1cccc(OC)c1OCc1cc(C)cc(C)c1. The van der Waals surface area contributed by atoms with E-state index in [1.54, 1.807) is 7.11 Å². The molecule has 2 aromatic carbocycles. The van der Waals surface area contributed by atoms with E-state index in [2.05, 4.69) is 43.4 Å². The van der Waals surface area contributed by atoms with E-state index in [4.69, 9.17) is 9.47 Å². The molecule has 0 saturated carbocycles. The van der Waals surface area contributed by atoms with Gasteiger partial charge >= 0.3 is 0 Å². The summed E-state index contributed by atoms with van der Waals surface area (Å²) >= 11 is 0. The standard InChI is InChI=1S/C18H23NO2/c1-13-8-14(2)10-15(9-13)12-21-18-16(11-19-3)6-5-7-17(18)20-4/h5-10,19H,11-12H2,1-4H3. The second-order valence-electron chi connectivity index (χ2n) is 5.26. The Kier molecular flexibility index (Phi) is 5.23. The summed E-state index contributed by atoms with van der Waals surface area (Å²) in [4.78, 5) is 0. The van der Waals surface area contributed by atoms with E-state index in [9.17, 15) is 0 Å². The van der Waals surface area contributed by atoms with Crippen molar-refractivity contribution in [3.63, 3.8) is 0 Å². The van der Waals surface area contributed by atoms with Crippen LogP contribution in [-0.4, -0.2) is 14.2 Å². The number of rotatable bonds is 6. The second kappa shape index (κ2) is 7.14. The molecule has 0 unspecified atom stereocenters. The molecule has 0 saturated heterocycles. The van der Waals surface area contributed by atoms with Gasteiger partial charge in [-0.25, -0.2) is 0 Å². The van der Waals surface area contributed by atoms with Gasteiger partial charge in [-0.2, -0.15) is 0 Å². The van der Waals surface area contributed by atoms with Crippen molar-refractivity contribution < 1.29 is 9.47 Å². The number of aryl methyl sites for hydroxylation is 2. The molecule has 2 aromatic rings. The first-order chi connectivity index (χ1) is 10.1. The third kappa shape index (κ3) is 3.99. The first-order valence-corrected chi connectivity index (χ1v) is 7.14. The van der Waals surface area contributed by atoms with Gasteiger partial charge in [-0.05, 0) is 32.5 Å². The molecule has 0 fully saturated rings. The van der Waals surface area contributed by atoms with Crippen LogP contribution in [0.2, 0.25) is 0 Å². The molecule has 0 aliphatic heterocycles. The highest BCUT2D eigenvalue weighted by Gasteiger charge is 2.10. The molecule has 0 spiro atoms. The largest absolute Gasteiger partial charge is 0.493 e. The van der Waals surface area contributed by atoms with E-state index in [1.807, 2.05) is 19.2 Å². The third-order valence-corrected chi connectivity index (χ3v) is 3.31. The Morgan fingerprint density at radius 2 is 1.76 bits per heavy atom. The molecule has 0 aliphatic carbocycles. The monoisotopic (exact) mass is 285 g/mol. The van der Waals surface area contributed by atoms with Gasteiger partial charge in [0.05, 0.1) is 7.11 Å². The Balaban J connectivity index is 2.22. The number of benzene rings is 2. The Hall–Kier alpha value is -2.00. The summed E-state index contributed by atoms with van der Waals surface area (Å²) in [6.07, 6.45) is 0. The number of methoxy groups -OCH3 is 1. The highest BCUT2D eigenvalue weighted by Crippen LogP contribution is 2.31.